The van der Waals surface area contributed by atoms with Gasteiger partial charge in [0, 0.05) is 20.6 Å². The molecule has 0 aliphatic rings. The van der Waals surface area contributed by atoms with Crippen LogP contribution in [0.15, 0.2) is 34.6 Å². The molecule has 0 aliphatic heterocycles. The molecule has 0 saturated heterocycles. The molecule has 0 radical (unpaired) electrons. The highest BCUT2D eigenvalue weighted by atomic mass is 16.7. The van der Waals surface area contributed by atoms with Crippen LogP contribution in [0, 0.1) is 5.41 Å². The molecule has 0 amide bonds. The number of hydrogen-bond donors (Lipinski definition) is 1. The molecule has 0 saturated carbocycles. The number of rotatable bonds is 7. The van der Waals surface area contributed by atoms with Crippen molar-refractivity contribution in [1.29, 1.82) is 0 Å². The van der Waals surface area contributed by atoms with Gasteiger partial charge in [0.2, 0.25) is 0 Å². The lowest BCUT2D eigenvalue weighted by atomic mass is 9.79. The van der Waals surface area contributed by atoms with E-state index in [-0.39, 0.29) is 11.2 Å². The third-order valence-electron chi connectivity index (χ3n) is 5.46. The summed E-state index contributed by atoms with van der Waals surface area (Å²) >= 11 is 0. The van der Waals surface area contributed by atoms with Crippen molar-refractivity contribution in [2.45, 2.75) is 115 Å². The number of aliphatic hydroxyl groups is 1. The van der Waals surface area contributed by atoms with E-state index in [4.69, 9.17) is 9.47 Å². The van der Waals surface area contributed by atoms with Crippen molar-refractivity contribution in [1.82, 2.24) is 0 Å². The van der Waals surface area contributed by atoms with Crippen LogP contribution in [0.4, 0.5) is 0 Å². The fourth-order valence-corrected chi connectivity index (χ4v) is 2.13. The Labute approximate surface area is 206 Å². The Kier molecular flexibility index (Phi) is 21.1. The van der Waals surface area contributed by atoms with Gasteiger partial charge in [0.05, 0.1) is 18.5 Å². The standard InChI is InChI=1S/C11H20O.C8H16O.C5H12O2.C4H8O/c1-8(2)10(4)11(5,6)7-9(3)12;1-6(2)7(3)8(4,5)9;1-5(2,6-3)7-4;1-4(2)5-3/h7H2,1-6H3;9H,1-5H3;1-4H3;1H2,2-3H3. The minimum atomic E-state index is -0.640. The molecule has 0 aromatic carbocycles. The quantitative estimate of drug-likeness (QED) is 0.234. The zero-order valence-corrected chi connectivity index (χ0v) is 25.0. The molecule has 5 heteroatoms. The lowest BCUT2D eigenvalue weighted by molar-refractivity contribution is -0.178. The van der Waals surface area contributed by atoms with Gasteiger partial charge in [-0.15, -0.1) is 0 Å². The molecule has 198 valence electrons. The summed E-state index contributed by atoms with van der Waals surface area (Å²) in [5, 5.41) is 9.40. The average Bonchev–Trinajstić information content (AvgIpc) is 2.66. The lowest BCUT2D eigenvalue weighted by Crippen LogP contribution is -2.24. The molecular formula is C28H56O5. The first-order valence-corrected chi connectivity index (χ1v) is 11.3. The van der Waals surface area contributed by atoms with Crippen molar-refractivity contribution < 1.29 is 24.1 Å². The Hall–Kier alpha value is -1.43. The minimum absolute atomic E-state index is 0.0324. The van der Waals surface area contributed by atoms with Crippen LogP contribution in [0.25, 0.3) is 0 Å². The van der Waals surface area contributed by atoms with Crippen LogP contribution in [-0.2, 0) is 19.0 Å². The number of hydrogen-bond acceptors (Lipinski definition) is 5. The predicted molar refractivity (Wildman–Crippen MR) is 143 cm³/mol. The monoisotopic (exact) mass is 472 g/mol. The Morgan fingerprint density at radius 1 is 0.727 bits per heavy atom. The molecule has 5 nitrogen and oxygen atoms in total. The zero-order valence-electron chi connectivity index (χ0n) is 25.0. The van der Waals surface area contributed by atoms with Gasteiger partial charge in [-0.05, 0) is 94.1 Å². The van der Waals surface area contributed by atoms with E-state index in [1.165, 1.54) is 16.7 Å². The fourth-order valence-electron chi connectivity index (χ4n) is 2.13. The van der Waals surface area contributed by atoms with Crippen molar-refractivity contribution in [3.05, 3.63) is 34.6 Å². The summed E-state index contributed by atoms with van der Waals surface area (Å²) in [5.74, 6) is 0.602. The first kappa shape index (κ1) is 38.8. The number of carbonyl (C=O) groups excluding carboxylic acids is 1. The highest BCUT2D eigenvalue weighted by Gasteiger charge is 2.22. The van der Waals surface area contributed by atoms with E-state index in [9.17, 15) is 9.90 Å². The maximum atomic E-state index is 11.0. The number of carbonyl (C=O) groups is 1. The molecule has 33 heavy (non-hydrogen) atoms. The molecule has 0 spiro atoms. The molecule has 0 unspecified atom stereocenters. The van der Waals surface area contributed by atoms with E-state index in [1.807, 2.05) is 34.6 Å². The van der Waals surface area contributed by atoms with Gasteiger partial charge < -0.3 is 19.3 Å². The SMILES string of the molecule is C=C(C)OC.CC(=O)CC(C)(C)C(C)=C(C)C.CC(C)=C(C)C(C)(C)O.COC(C)(C)OC. The van der Waals surface area contributed by atoms with Crippen LogP contribution in [-0.4, -0.2) is 43.6 Å². The van der Waals surface area contributed by atoms with Crippen LogP contribution in [0.1, 0.15) is 103 Å². The van der Waals surface area contributed by atoms with Crippen molar-refractivity contribution in [2.24, 2.45) is 5.41 Å². The summed E-state index contributed by atoms with van der Waals surface area (Å²) in [7, 11) is 4.83. The predicted octanol–water partition coefficient (Wildman–Crippen LogP) is 7.64. The van der Waals surface area contributed by atoms with Crippen molar-refractivity contribution in [2.75, 3.05) is 21.3 Å². The molecule has 0 rings (SSSR count). The highest BCUT2D eigenvalue weighted by molar-refractivity contribution is 5.76. The van der Waals surface area contributed by atoms with Crippen LogP contribution in [0.3, 0.4) is 0 Å². The highest BCUT2D eigenvalue weighted by Crippen LogP contribution is 2.32. The summed E-state index contributed by atoms with van der Waals surface area (Å²) in [6, 6.07) is 0. The van der Waals surface area contributed by atoms with Crippen molar-refractivity contribution in [3.63, 3.8) is 0 Å². The van der Waals surface area contributed by atoms with Gasteiger partial charge in [-0.1, -0.05) is 37.1 Å². The first-order valence-electron chi connectivity index (χ1n) is 11.3. The van der Waals surface area contributed by atoms with Gasteiger partial charge in [-0.3, -0.25) is 4.79 Å². The van der Waals surface area contributed by atoms with E-state index in [0.29, 0.717) is 6.42 Å². The third-order valence-corrected chi connectivity index (χ3v) is 5.46. The molecule has 0 heterocycles. The zero-order chi connectivity index (χ0) is 27.8. The second-order valence-corrected chi connectivity index (χ2v) is 10.3. The largest absolute Gasteiger partial charge is 0.502 e. The van der Waals surface area contributed by atoms with E-state index in [0.717, 1.165) is 11.3 Å². The minimum Gasteiger partial charge on any atom is -0.502 e. The van der Waals surface area contributed by atoms with Gasteiger partial charge in [-0.2, -0.15) is 0 Å². The van der Waals surface area contributed by atoms with Gasteiger partial charge in [0.1, 0.15) is 5.78 Å². The molecule has 1 N–H and O–H groups in total. The Bertz CT molecular complexity index is 615. The van der Waals surface area contributed by atoms with Gasteiger partial charge in [0.15, 0.2) is 5.79 Å². The van der Waals surface area contributed by atoms with Gasteiger partial charge >= 0.3 is 0 Å². The number of Topliss-reactive ketones (excluding diaryl/α,β-unsaturated/α-hetero) is 1. The Balaban J connectivity index is -0.000000178. The lowest BCUT2D eigenvalue weighted by Gasteiger charge is -2.25. The van der Waals surface area contributed by atoms with E-state index >= 15 is 0 Å². The van der Waals surface area contributed by atoms with Gasteiger partial charge in [-0.25, -0.2) is 0 Å². The summed E-state index contributed by atoms with van der Waals surface area (Å²) < 4.78 is 14.3. The van der Waals surface area contributed by atoms with Crippen LogP contribution < -0.4 is 0 Å². The van der Waals surface area contributed by atoms with Crippen molar-refractivity contribution >= 4 is 5.78 Å². The third kappa shape index (κ3) is 25.0. The molecule has 0 aromatic rings. The Morgan fingerprint density at radius 3 is 1.12 bits per heavy atom. The number of allylic oxidation sites excluding steroid dienone is 4. The first-order chi connectivity index (χ1) is 14.5. The smallest absolute Gasteiger partial charge is 0.161 e. The number of ether oxygens (including phenoxy) is 3. The van der Waals surface area contributed by atoms with Crippen LogP contribution >= 0.6 is 0 Å². The summed E-state index contributed by atoms with van der Waals surface area (Å²) in [4.78, 5) is 11.0. The number of ketones is 1. The molecule has 0 aromatic heterocycles. The summed E-state index contributed by atoms with van der Waals surface area (Å²) in [6.07, 6.45) is 0.643. The maximum Gasteiger partial charge on any atom is 0.161 e. The average molecular weight is 473 g/mol. The number of methoxy groups -OCH3 is 3. The van der Waals surface area contributed by atoms with E-state index in [1.54, 1.807) is 49.0 Å². The fraction of sp³-hybridized carbons (Fsp3) is 0.750. The molecule has 0 atom stereocenters. The maximum absolute atomic E-state index is 11.0. The summed E-state index contributed by atoms with van der Waals surface area (Å²) in [5.41, 5.74) is 4.30. The normalized spacial score (nSPS) is 10.7. The van der Waals surface area contributed by atoms with Crippen LogP contribution in [0.5, 0.6) is 0 Å². The second-order valence-electron chi connectivity index (χ2n) is 10.3. The Morgan fingerprint density at radius 2 is 1.03 bits per heavy atom. The second kappa shape index (κ2) is 18.0. The van der Waals surface area contributed by atoms with Crippen LogP contribution in [0.2, 0.25) is 0 Å². The topological polar surface area (TPSA) is 65.0 Å². The van der Waals surface area contributed by atoms with E-state index in [2.05, 4.69) is 45.9 Å². The molecule has 0 aliphatic carbocycles. The molecular weight excluding hydrogens is 416 g/mol. The summed E-state index contributed by atoms with van der Waals surface area (Å²) in [6.45, 7) is 30.7. The van der Waals surface area contributed by atoms with E-state index < -0.39 is 11.4 Å². The van der Waals surface area contributed by atoms with Crippen molar-refractivity contribution in [3.8, 4) is 0 Å². The molecule has 0 bridgehead atoms. The van der Waals surface area contributed by atoms with Gasteiger partial charge in [0.25, 0.3) is 0 Å². The molecule has 0 fully saturated rings.